The van der Waals surface area contributed by atoms with E-state index in [1.54, 1.807) is 6.07 Å². The number of anilines is 1. The number of benzene rings is 1. The van der Waals surface area contributed by atoms with Gasteiger partial charge in [0.05, 0.1) is 5.75 Å². The normalized spacial score (nSPS) is 20.6. The summed E-state index contributed by atoms with van der Waals surface area (Å²) in [7, 11) is -3.20. The lowest BCUT2D eigenvalue weighted by Crippen LogP contribution is -2.55. The van der Waals surface area contributed by atoms with Crippen molar-refractivity contribution in [2.24, 2.45) is 5.92 Å². The maximum Gasteiger partial charge on any atom is 0.226 e. The number of piperazine rings is 1. The van der Waals surface area contributed by atoms with E-state index in [-0.39, 0.29) is 30.0 Å². The number of hydrogen-bond acceptors (Lipinski definition) is 5. The van der Waals surface area contributed by atoms with Crippen molar-refractivity contribution in [2.45, 2.75) is 65.0 Å². The molecule has 9 heteroatoms. The minimum atomic E-state index is -3.20. The van der Waals surface area contributed by atoms with Crippen LogP contribution >= 0.6 is 11.6 Å². The fourth-order valence-electron chi connectivity index (χ4n) is 4.85. The van der Waals surface area contributed by atoms with Crippen molar-refractivity contribution in [1.29, 1.82) is 0 Å². The Hall–Kier alpha value is -1.64. The number of amides is 2. The summed E-state index contributed by atoms with van der Waals surface area (Å²) in [5, 5.41) is 3.33. The van der Waals surface area contributed by atoms with Gasteiger partial charge in [0, 0.05) is 61.5 Å². The summed E-state index contributed by atoms with van der Waals surface area (Å²) in [6.45, 7) is 7.04. The van der Waals surface area contributed by atoms with Crippen molar-refractivity contribution in [1.82, 2.24) is 9.80 Å². The van der Waals surface area contributed by atoms with E-state index in [9.17, 15) is 18.0 Å². The van der Waals surface area contributed by atoms with Crippen LogP contribution in [0.5, 0.6) is 0 Å². The molecule has 33 heavy (non-hydrogen) atoms. The largest absolute Gasteiger partial charge is 0.337 e. The molecule has 1 N–H and O–H groups in total. The number of carbonyl (C=O) groups excluding carboxylic acids is 2. The molecule has 1 saturated heterocycles. The maximum absolute atomic E-state index is 13.0. The topological polar surface area (TPSA) is 86.8 Å². The summed E-state index contributed by atoms with van der Waals surface area (Å²) in [5.74, 6) is -0.0237. The van der Waals surface area contributed by atoms with Crippen LogP contribution in [0.4, 0.5) is 5.69 Å². The van der Waals surface area contributed by atoms with E-state index in [4.69, 9.17) is 11.6 Å². The second kappa shape index (κ2) is 11.2. The zero-order valence-electron chi connectivity index (χ0n) is 19.9. The molecule has 1 saturated carbocycles. The van der Waals surface area contributed by atoms with Crippen molar-refractivity contribution >= 4 is 38.9 Å². The standard InChI is InChI=1S/C24H36ClN3O4S/c1-17-15-27(10-11-28(17)24(30)19-7-5-4-6-8-19)16-20-13-21(25)14-22(18(20)2)26-23(29)9-12-33(3,31)32/h13-14,17,19H,4-12,15-16H2,1-3H3,(H,26,29). The van der Waals surface area contributed by atoms with Crippen LogP contribution in [-0.2, 0) is 26.0 Å². The fraction of sp³-hybridized carbons (Fsp3) is 0.667. The van der Waals surface area contributed by atoms with Gasteiger partial charge < -0.3 is 10.2 Å². The Bertz CT molecular complexity index is 976. The molecule has 0 spiro atoms. The zero-order valence-corrected chi connectivity index (χ0v) is 21.5. The van der Waals surface area contributed by atoms with Gasteiger partial charge >= 0.3 is 0 Å². The highest BCUT2D eigenvalue weighted by Gasteiger charge is 2.32. The highest BCUT2D eigenvalue weighted by molar-refractivity contribution is 7.90. The van der Waals surface area contributed by atoms with Gasteiger partial charge in [-0.25, -0.2) is 8.42 Å². The molecule has 2 aliphatic rings. The first-order chi connectivity index (χ1) is 15.5. The molecule has 1 heterocycles. The van der Waals surface area contributed by atoms with Gasteiger partial charge in [-0.05, 0) is 49.9 Å². The van der Waals surface area contributed by atoms with Crippen molar-refractivity contribution in [2.75, 3.05) is 37.0 Å². The SMILES string of the molecule is Cc1c(CN2CCN(C(=O)C3CCCCC3)C(C)C2)cc(Cl)cc1NC(=O)CCS(C)(=O)=O. The second-order valence-electron chi connectivity index (χ2n) is 9.62. The monoisotopic (exact) mass is 497 g/mol. The predicted molar refractivity (Wildman–Crippen MR) is 132 cm³/mol. The first-order valence-corrected chi connectivity index (χ1v) is 14.3. The average molecular weight is 498 g/mol. The summed E-state index contributed by atoms with van der Waals surface area (Å²) in [6.07, 6.45) is 6.63. The molecule has 3 rings (SSSR count). The van der Waals surface area contributed by atoms with Gasteiger partial charge in [-0.1, -0.05) is 30.9 Å². The molecule has 1 aromatic rings. The Morgan fingerprint density at radius 1 is 1.15 bits per heavy atom. The van der Waals surface area contributed by atoms with E-state index in [0.717, 1.165) is 62.7 Å². The minimum absolute atomic E-state index is 0.0887. The van der Waals surface area contributed by atoms with Crippen LogP contribution in [0.25, 0.3) is 0 Å². The van der Waals surface area contributed by atoms with E-state index in [1.165, 1.54) is 6.42 Å². The summed E-state index contributed by atoms with van der Waals surface area (Å²) >= 11 is 6.33. The van der Waals surface area contributed by atoms with Gasteiger partial charge in [0.1, 0.15) is 9.84 Å². The third-order valence-electron chi connectivity index (χ3n) is 6.80. The lowest BCUT2D eigenvalue weighted by Gasteiger charge is -2.42. The van der Waals surface area contributed by atoms with Crippen molar-refractivity contribution < 1.29 is 18.0 Å². The number of halogens is 1. The molecule has 1 unspecified atom stereocenters. The molecule has 0 bridgehead atoms. The highest BCUT2D eigenvalue weighted by atomic mass is 35.5. The maximum atomic E-state index is 13.0. The third-order valence-corrected chi connectivity index (χ3v) is 7.96. The quantitative estimate of drug-likeness (QED) is 0.621. The fourth-order valence-corrected chi connectivity index (χ4v) is 5.65. The van der Waals surface area contributed by atoms with Crippen LogP contribution in [0.15, 0.2) is 12.1 Å². The average Bonchev–Trinajstić information content (AvgIpc) is 2.75. The number of carbonyl (C=O) groups is 2. The van der Waals surface area contributed by atoms with E-state index in [2.05, 4.69) is 22.0 Å². The van der Waals surface area contributed by atoms with Crippen molar-refractivity contribution in [3.8, 4) is 0 Å². The lowest BCUT2D eigenvalue weighted by molar-refractivity contribution is -0.141. The van der Waals surface area contributed by atoms with E-state index in [1.807, 2.05) is 13.0 Å². The Kier molecular flexibility index (Phi) is 8.81. The number of hydrogen-bond donors (Lipinski definition) is 1. The van der Waals surface area contributed by atoms with Crippen LogP contribution in [0.3, 0.4) is 0 Å². The Morgan fingerprint density at radius 3 is 2.48 bits per heavy atom. The molecule has 0 radical (unpaired) electrons. The van der Waals surface area contributed by atoms with E-state index < -0.39 is 9.84 Å². The van der Waals surface area contributed by atoms with Crippen molar-refractivity contribution in [3.63, 3.8) is 0 Å². The Labute approximate surface area is 202 Å². The predicted octanol–water partition coefficient (Wildman–Crippen LogP) is 3.63. The van der Waals surface area contributed by atoms with Gasteiger partial charge in [0.15, 0.2) is 0 Å². The van der Waals surface area contributed by atoms with Gasteiger partial charge in [-0.2, -0.15) is 0 Å². The number of rotatable bonds is 7. The molecule has 0 aromatic heterocycles. The lowest BCUT2D eigenvalue weighted by atomic mass is 9.87. The van der Waals surface area contributed by atoms with Gasteiger partial charge in [-0.3, -0.25) is 14.5 Å². The van der Waals surface area contributed by atoms with E-state index >= 15 is 0 Å². The molecule has 2 amide bonds. The van der Waals surface area contributed by atoms with Gasteiger partial charge in [-0.15, -0.1) is 0 Å². The molecule has 1 aliphatic heterocycles. The Morgan fingerprint density at radius 2 is 1.85 bits per heavy atom. The first kappa shape index (κ1) is 26.0. The molecule has 1 atom stereocenters. The molecule has 1 aromatic carbocycles. The minimum Gasteiger partial charge on any atom is -0.337 e. The van der Waals surface area contributed by atoms with Gasteiger partial charge in [0.2, 0.25) is 11.8 Å². The van der Waals surface area contributed by atoms with E-state index in [0.29, 0.717) is 23.2 Å². The van der Waals surface area contributed by atoms with Crippen LogP contribution < -0.4 is 5.32 Å². The van der Waals surface area contributed by atoms with Crippen LogP contribution in [0, 0.1) is 12.8 Å². The molecular weight excluding hydrogens is 462 g/mol. The van der Waals surface area contributed by atoms with Gasteiger partial charge in [0.25, 0.3) is 0 Å². The number of nitrogens with one attached hydrogen (secondary N) is 1. The first-order valence-electron chi connectivity index (χ1n) is 11.8. The van der Waals surface area contributed by atoms with Crippen LogP contribution in [-0.4, -0.2) is 67.7 Å². The highest BCUT2D eigenvalue weighted by Crippen LogP contribution is 2.29. The summed E-state index contributed by atoms with van der Waals surface area (Å²) in [4.78, 5) is 29.6. The molecule has 1 aliphatic carbocycles. The molecule has 184 valence electrons. The third kappa shape index (κ3) is 7.42. The number of sulfone groups is 1. The smallest absolute Gasteiger partial charge is 0.226 e. The molecule has 2 fully saturated rings. The number of nitrogens with zero attached hydrogens (tertiary/aromatic N) is 2. The summed E-state index contributed by atoms with van der Waals surface area (Å²) in [6, 6.07) is 3.76. The van der Waals surface area contributed by atoms with Crippen LogP contribution in [0.1, 0.15) is 56.6 Å². The second-order valence-corrected chi connectivity index (χ2v) is 12.3. The molecular formula is C24H36ClN3O4S. The van der Waals surface area contributed by atoms with Crippen molar-refractivity contribution in [3.05, 3.63) is 28.3 Å². The summed E-state index contributed by atoms with van der Waals surface area (Å²) in [5.41, 5.74) is 2.54. The zero-order chi connectivity index (χ0) is 24.2. The summed E-state index contributed by atoms with van der Waals surface area (Å²) < 4.78 is 22.7. The van der Waals surface area contributed by atoms with Crippen LogP contribution in [0.2, 0.25) is 5.02 Å². The Balaban J connectivity index is 1.61. The molecule has 7 nitrogen and oxygen atoms in total.